The lowest BCUT2D eigenvalue weighted by molar-refractivity contribution is 0.0705. The first kappa shape index (κ1) is 18.0. The number of ether oxygens (including phenoxy) is 2. The van der Waals surface area contributed by atoms with E-state index in [1.165, 1.54) is 5.56 Å². The maximum atomic E-state index is 8.61. The molecule has 3 heteroatoms. The van der Waals surface area contributed by atoms with Gasteiger partial charge in [0.2, 0.25) is 0 Å². The standard InChI is InChI=1S/C18H30O3/c1-14(2)17(18(3,4)5)15-6-8-16(9-7-15)21-13-12-20-11-10-19/h6-9,14,17,19H,10-13H2,1-5H3. The van der Waals surface area contributed by atoms with Crippen LogP contribution in [0.5, 0.6) is 5.75 Å². The molecule has 3 nitrogen and oxygen atoms in total. The van der Waals surface area contributed by atoms with E-state index in [2.05, 4.69) is 46.8 Å². The first-order chi connectivity index (χ1) is 9.86. The number of benzene rings is 1. The largest absolute Gasteiger partial charge is 0.491 e. The van der Waals surface area contributed by atoms with Gasteiger partial charge < -0.3 is 14.6 Å². The van der Waals surface area contributed by atoms with Gasteiger partial charge in [-0.05, 0) is 34.9 Å². The van der Waals surface area contributed by atoms with Gasteiger partial charge >= 0.3 is 0 Å². The Labute approximate surface area is 129 Å². The summed E-state index contributed by atoms with van der Waals surface area (Å²) in [6.07, 6.45) is 0. The van der Waals surface area contributed by atoms with E-state index >= 15 is 0 Å². The topological polar surface area (TPSA) is 38.7 Å². The lowest BCUT2D eigenvalue weighted by Gasteiger charge is -2.34. The van der Waals surface area contributed by atoms with E-state index in [4.69, 9.17) is 14.6 Å². The molecule has 1 aromatic carbocycles. The molecule has 0 spiro atoms. The predicted molar refractivity (Wildman–Crippen MR) is 86.9 cm³/mol. The van der Waals surface area contributed by atoms with Crippen LogP contribution in [0.25, 0.3) is 0 Å². The molecule has 0 aliphatic rings. The van der Waals surface area contributed by atoms with Crippen molar-refractivity contribution in [1.29, 1.82) is 0 Å². The summed E-state index contributed by atoms with van der Waals surface area (Å²) in [4.78, 5) is 0. The smallest absolute Gasteiger partial charge is 0.119 e. The number of aliphatic hydroxyl groups excluding tert-OH is 1. The van der Waals surface area contributed by atoms with E-state index < -0.39 is 0 Å². The Kier molecular flexibility index (Phi) is 7.20. The molecule has 0 fully saturated rings. The SMILES string of the molecule is CC(C)C(c1ccc(OCCOCCO)cc1)C(C)(C)C. The molecule has 21 heavy (non-hydrogen) atoms. The van der Waals surface area contributed by atoms with Crippen molar-refractivity contribution < 1.29 is 14.6 Å². The Balaban J connectivity index is 2.60. The van der Waals surface area contributed by atoms with Crippen LogP contribution in [0.2, 0.25) is 0 Å². The summed E-state index contributed by atoms with van der Waals surface area (Å²) in [6.45, 7) is 12.9. The minimum absolute atomic E-state index is 0.0537. The van der Waals surface area contributed by atoms with Crippen molar-refractivity contribution in [2.24, 2.45) is 11.3 Å². The Morgan fingerprint density at radius 1 is 1.00 bits per heavy atom. The Morgan fingerprint density at radius 3 is 2.10 bits per heavy atom. The molecule has 0 saturated heterocycles. The molecular formula is C18H30O3. The molecule has 120 valence electrons. The minimum Gasteiger partial charge on any atom is -0.491 e. The summed E-state index contributed by atoms with van der Waals surface area (Å²) >= 11 is 0. The van der Waals surface area contributed by atoms with Crippen molar-refractivity contribution in [2.75, 3.05) is 26.4 Å². The third-order valence-electron chi connectivity index (χ3n) is 3.57. The van der Waals surface area contributed by atoms with Crippen molar-refractivity contribution in [2.45, 2.75) is 40.5 Å². The van der Waals surface area contributed by atoms with Crippen LogP contribution < -0.4 is 4.74 Å². The number of hydrogen-bond donors (Lipinski definition) is 1. The summed E-state index contributed by atoms with van der Waals surface area (Å²) in [6, 6.07) is 8.39. The summed E-state index contributed by atoms with van der Waals surface area (Å²) in [5.41, 5.74) is 1.61. The summed E-state index contributed by atoms with van der Waals surface area (Å²) < 4.78 is 10.8. The molecule has 0 aliphatic carbocycles. The maximum absolute atomic E-state index is 8.61. The van der Waals surface area contributed by atoms with Crippen molar-refractivity contribution in [3.8, 4) is 5.75 Å². The average Bonchev–Trinajstić information content (AvgIpc) is 2.38. The van der Waals surface area contributed by atoms with Gasteiger partial charge in [0.15, 0.2) is 0 Å². The highest BCUT2D eigenvalue weighted by molar-refractivity contribution is 5.30. The average molecular weight is 294 g/mol. The Hall–Kier alpha value is -1.06. The molecule has 0 aromatic heterocycles. The lowest BCUT2D eigenvalue weighted by Crippen LogP contribution is -2.23. The van der Waals surface area contributed by atoms with Gasteiger partial charge in [0.05, 0.1) is 19.8 Å². The molecule has 1 atom stereocenters. The first-order valence-electron chi connectivity index (χ1n) is 7.77. The van der Waals surface area contributed by atoms with E-state index in [-0.39, 0.29) is 12.0 Å². The fraction of sp³-hybridized carbons (Fsp3) is 0.667. The first-order valence-corrected chi connectivity index (χ1v) is 7.77. The molecule has 0 bridgehead atoms. The van der Waals surface area contributed by atoms with E-state index in [0.29, 0.717) is 31.7 Å². The normalized spacial score (nSPS) is 13.5. The summed E-state index contributed by atoms with van der Waals surface area (Å²) in [7, 11) is 0. The zero-order chi connectivity index (χ0) is 15.9. The molecule has 1 N–H and O–H groups in total. The van der Waals surface area contributed by atoms with Crippen LogP contribution in [-0.4, -0.2) is 31.5 Å². The molecule has 1 rings (SSSR count). The molecule has 1 unspecified atom stereocenters. The highest BCUT2D eigenvalue weighted by atomic mass is 16.5. The Morgan fingerprint density at radius 2 is 1.62 bits per heavy atom. The number of hydrogen-bond acceptors (Lipinski definition) is 3. The quantitative estimate of drug-likeness (QED) is 0.740. The van der Waals surface area contributed by atoms with Gasteiger partial charge in [-0.2, -0.15) is 0 Å². The van der Waals surface area contributed by atoms with Crippen LogP contribution in [0.3, 0.4) is 0 Å². The maximum Gasteiger partial charge on any atom is 0.119 e. The molecule has 0 heterocycles. The van der Waals surface area contributed by atoms with Crippen molar-refractivity contribution in [1.82, 2.24) is 0 Å². The second kappa shape index (κ2) is 8.40. The van der Waals surface area contributed by atoms with E-state index in [0.717, 1.165) is 5.75 Å². The van der Waals surface area contributed by atoms with E-state index in [1.54, 1.807) is 0 Å². The fourth-order valence-electron chi connectivity index (χ4n) is 3.04. The lowest BCUT2D eigenvalue weighted by atomic mass is 9.70. The van der Waals surface area contributed by atoms with Crippen LogP contribution in [0.1, 0.15) is 46.1 Å². The zero-order valence-electron chi connectivity index (χ0n) is 14.1. The molecule has 0 radical (unpaired) electrons. The van der Waals surface area contributed by atoms with Gasteiger partial charge in [0.25, 0.3) is 0 Å². The van der Waals surface area contributed by atoms with Gasteiger partial charge in [0.1, 0.15) is 12.4 Å². The molecular weight excluding hydrogens is 264 g/mol. The van der Waals surface area contributed by atoms with Crippen molar-refractivity contribution >= 4 is 0 Å². The van der Waals surface area contributed by atoms with Crippen LogP contribution in [0.4, 0.5) is 0 Å². The van der Waals surface area contributed by atoms with Crippen molar-refractivity contribution in [3.05, 3.63) is 29.8 Å². The van der Waals surface area contributed by atoms with Gasteiger partial charge in [-0.1, -0.05) is 46.8 Å². The van der Waals surface area contributed by atoms with Gasteiger partial charge in [0, 0.05) is 0 Å². The van der Waals surface area contributed by atoms with E-state index in [1.807, 2.05) is 12.1 Å². The molecule has 1 aromatic rings. The summed E-state index contributed by atoms with van der Waals surface area (Å²) in [5, 5.41) is 8.61. The van der Waals surface area contributed by atoms with Crippen LogP contribution in [0, 0.1) is 11.3 Å². The molecule has 0 amide bonds. The monoisotopic (exact) mass is 294 g/mol. The highest BCUT2D eigenvalue weighted by Crippen LogP contribution is 2.40. The summed E-state index contributed by atoms with van der Waals surface area (Å²) in [5.74, 6) is 1.99. The fourth-order valence-corrected chi connectivity index (χ4v) is 3.04. The van der Waals surface area contributed by atoms with Gasteiger partial charge in [-0.3, -0.25) is 0 Å². The number of aliphatic hydroxyl groups is 1. The van der Waals surface area contributed by atoms with Crippen molar-refractivity contribution in [3.63, 3.8) is 0 Å². The molecule has 0 aliphatic heterocycles. The minimum atomic E-state index is 0.0537. The molecule has 0 saturated carbocycles. The Bertz CT molecular complexity index is 390. The second-order valence-electron chi connectivity index (χ2n) is 6.84. The zero-order valence-corrected chi connectivity index (χ0v) is 14.1. The van der Waals surface area contributed by atoms with Crippen LogP contribution in [-0.2, 0) is 4.74 Å². The third-order valence-corrected chi connectivity index (χ3v) is 3.57. The van der Waals surface area contributed by atoms with Gasteiger partial charge in [-0.25, -0.2) is 0 Å². The third kappa shape index (κ3) is 6.06. The predicted octanol–water partition coefficient (Wildman–Crippen LogP) is 3.86. The highest BCUT2D eigenvalue weighted by Gasteiger charge is 2.28. The van der Waals surface area contributed by atoms with Crippen LogP contribution >= 0.6 is 0 Å². The van der Waals surface area contributed by atoms with Crippen LogP contribution in [0.15, 0.2) is 24.3 Å². The van der Waals surface area contributed by atoms with Gasteiger partial charge in [-0.15, -0.1) is 0 Å². The van der Waals surface area contributed by atoms with E-state index in [9.17, 15) is 0 Å². The second-order valence-corrected chi connectivity index (χ2v) is 6.84. The number of rotatable bonds is 8.